The first-order valence-electron chi connectivity index (χ1n) is 10.5. The monoisotopic (exact) mass is 434 g/mol. The second-order valence-electron chi connectivity index (χ2n) is 7.69. The van der Waals surface area contributed by atoms with E-state index >= 15 is 0 Å². The molecule has 0 saturated heterocycles. The fourth-order valence-electron chi connectivity index (χ4n) is 3.72. The van der Waals surface area contributed by atoms with Crippen LogP contribution in [0.1, 0.15) is 62.2 Å². The summed E-state index contributed by atoms with van der Waals surface area (Å²) >= 11 is 0. The second-order valence-corrected chi connectivity index (χ2v) is 7.69. The van der Waals surface area contributed by atoms with Gasteiger partial charge in [0.1, 0.15) is 11.6 Å². The third-order valence-electron chi connectivity index (χ3n) is 5.52. The number of carbonyl (C=O) groups is 3. The van der Waals surface area contributed by atoms with E-state index in [2.05, 4.69) is 10.3 Å². The summed E-state index contributed by atoms with van der Waals surface area (Å²) in [6.07, 6.45) is 4.87. The molecule has 3 aromatic rings. The summed E-state index contributed by atoms with van der Waals surface area (Å²) in [4.78, 5) is 43.0. The van der Waals surface area contributed by atoms with E-state index in [1.54, 1.807) is 36.0 Å². The van der Waals surface area contributed by atoms with Crippen molar-refractivity contribution in [1.82, 2.24) is 19.8 Å². The molecule has 0 saturated carbocycles. The van der Waals surface area contributed by atoms with Gasteiger partial charge in [0.2, 0.25) is 0 Å². The number of aryl methyl sites for hydroxylation is 1. The number of nitrogens with one attached hydrogen (secondary N) is 1. The number of aromatic nitrogens is 2. The molecule has 2 heterocycles. The highest BCUT2D eigenvalue weighted by Gasteiger charge is 2.35. The van der Waals surface area contributed by atoms with Crippen LogP contribution in [0.25, 0.3) is 5.69 Å². The summed E-state index contributed by atoms with van der Waals surface area (Å²) in [5.41, 5.74) is 1.80. The molecule has 0 fully saturated rings. The Labute approximate surface area is 184 Å². The van der Waals surface area contributed by atoms with Gasteiger partial charge >= 0.3 is 0 Å². The number of imidazole rings is 1. The minimum Gasteiger partial charge on any atom is -0.348 e. The number of nitrogens with zero attached hydrogens (tertiary/aromatic N) is 3. The van der Waals surface area contributed by atoms with Crippen molar-refractivity contribution in [2.45, 2.75) is 33.2 Å². The smallest absolute Gasteiger partial charge is 0.261 e. The molecule has 2 aromatic carbocycles. The van der Waals surface area contributed by atoms with Crippen molar-refractivity contribution in [1.29, 1.82) is 0 Å². The molecule has 3 amide bonds. The molecule has 1 N–H and O–H groups in total. The quantitative estimate of drug-likeness (QED) is 0.576. The number of halogens is 1. The molecule has 0 atom stereocenters. The maximum Gasteiger partial charge on any atom is 0.261 e. The molecule has 8 heteroatoms. The van der Waals surface area contributed by atoms with E-state index in [1.807, 2.05) is 6.92 Å². The fourth-order valence-corrected chi connectivity index (χ4v) is 3.72. The summed E-state index contributed by atoms with van der Waals surface area (Å²) in [5, 5.41) is 2.74. The van der Waals surface area contributed by atoms with Crippen LogP contribution < -0.4 is 5.32 Å². The fraction of sp³-hybridized carbons (Fsp3) is 0.250. The van der Waals surface area contributed by atoms with Crippen LogP contribution in [0.15, 0.2) is 48.8 Å². The van der Waals surface area contributed by atoms with Gasteiger partial charge in [0.25, 0.3) is 17.7 Å². The van der Waals surface area contributed by atoms with E-state index in [-0.39, 0.29) is 29.5 Å². The van der Waals surface area contributed by atoms with Crippen molar-refractivity contribution in [3.63, 3.8) is 0 Å². The van der Waals surface area contributed by atoms with Crippen molar-refractivity contribution in [2.24, 2.45) is 0 Å². The Bertz CT molecular complexity index is 1220. The molecular formula is C24H23FN4O3. The number of fused-ring (bicyclic) bond motifs is 1. The van der Waals surface area contributed by atoms with Crippen LogP contribution >= 0.6 is 0 Å². The van der Waals surface area contributed by atoms with Gasteiger partial charge in [0.15, 0.2) is 0 Å². The molecular weight excluding hydrogens is 411 g/mol. The average molecular weight is 434 g/mol. The zero-order chi connectivity index (χ0) is 22.8. The first kappa shape index (κ1) is 21.4. The van der Waals surface area contributed by atoms with Crippen LogP contribution in [0.5, 0.6) is 0 Å². The zero-order valence-electron chi connectivity index (χ0n) is 17.9. The van der Waals surface area contributed by atoms with E-state index < -0.39 is 11.7 Å². The van der Waals surface area contributed by atoms with Gasteiger partial charge in [-0.05, 0) is 49.2 Å². The Morgan fingerprint density at radius 3 is 2.56 bits per heavy atom. The van der Waals surface area contributed by atoms with Crippen molar-refractivity contribution < 1.29 is 18.8 Å². The molecule has 1 aliphatic rings. The standard InChI is InChI=1S/C24H23FN4O3/c1-3-4-10-29-23(31)18-7-6-17(13-19(18)24(29)32)22(30)27-14-16-5-8-21(20(25)12-16)28-11-9-26-15(28)2/h5-9,11-13H,3-4,10,14H2,1-2H3,(H,27,30). The third-order valence-corrected chi connectivity index (χ3v) is 5.52. The van der Waals surface area contributed by atoms with Gasteiger partial charge in [-0.1, -0.05) is 19.4 Å². The maximum absolute atomic E-state index is 14.6. The lowest BCUT2D eigenvalue weighted by molar-refractivity contribution is 0.0652. The van der Waals surface area contributed by atoms with Crippen LogP contribution in [0.3, 0.4) is 0 Å². The Morgan fingerprint density at radius 2 is 1.88 bits per heavy atom. The van der Waals surface area contributed by atoms with Gasteiger partial charge in [0, 0.05) is 31.0 Å². The van der Waals surface area contributed by atoms with Crippen LogP contribution in [-0.2, 0) is 6.54 Å². The molecule has 1 aliphatic heterocycles. The van der Waals surface area contributed by atoms with Crippen LogP contribution in [0.2, 0.25) is 0 Å². The van der Waals surface area contributed by atoms with Gasteiger partial charge in [-0.2, -0.15) is 0 Å². The molecule has 7 nitrogen and oxygen atoms in total. The van der Waals surface area contributed by atoms with E-state index in [9.17, 15) is 18.8 Å². The highest BCUT2D eigenvalue weighted by molar-refractivity contribution is 6.22. The number of benzene rings is 2. The largest absolute Gasteiger partial charge is 0.348 e. The molecule has 0 aliphatic carbocycles. The summed E-state index contributed by atoms with van der Waals surface area (Å²) in [6, 6.07) is 9.21. The van der Waals surface area contributed by atoms with Gasteiger partial charge < -0.3 is 9.88 Å². The van der Waals surface area contributed by atoms with Crippen molar-refractivity contribution in [3.05, 3.63) is 82.7 Å². The lowest BCUT2D eigenvalue weighted by Gasteiger charge is -2.12. The van der Waals surface area contributed by atoms with Crippen LogP contribution in [0, 0.1) is 12.7 Å². The van der Waals surface area contributed by atoms with E-state index in [0.717, 1.165) is 12.8 Å². The average Bonchev–Trinajstić information content (AvgIpc) is 3.31. The molecule has 32 heavy (non-hydrogen) atoms. The normalized spacial score (nSPS) is 12.9. The van der Waals surface area contributed by atoms with Crippen LogP contribution in [0.4, 0.5) is 4.39 Å². The van der Waals surface area contributed by atoms with E-state index in [1.165, 1.54) is 29.2 Å². The number of amides is 3. The zero-order valence-corrected chi connectivity index (χ0v) is 17.9. The molecule has 1 aromatic heterocycles. The highest BCUT2D eigenvalue weighted by Crippen LogP contribution is 2.24. The van der Waals surface area contributed by atoms with Crippen molar-refractivity contribution >= 4 is 17.7 Å². The lowest BCUT2D eigenvalue weighted by Crippen LogP contribution is -2.30. The SMILES string of the molecule is CCCCN1C(=O)c2ccc(C(=O)NCc3ccc(-n4ccnc4C)c(F)c3)cc2C1=O. The van der Waals surface area contributed by atoms with Crippen molar-refractivity contribution in [2.75, 3.05) is 6.54 Å². The number of unbranched alkanes of at least 4 members (excludes halogenated alkanes) is 1. The lowest BCUT2D eigenvalue weighted by atomic mass is 10.1. The summed E-state index contributed by atoms with van der Waals surface area (Å²) in [7, 11) is 0. The minimum atomic E-state index is -0.424. The highest BCUT2D eigenvalue weighted by atomic mass is 19.1. The molecule has 0 spiro atoms. The van der Waals surface area contributed by atoms with Crippen LogP contribution in [-0.4, -0.2) is 38.7 Å². The van der Waals surface area contributed by atoms with Gasteiger partial charge in [-0.25, -0.2) is 9.37 Å². The molecule has 164 valence electrons. The molecule has 0 radical (unpaired) electrons. The minimum absolute atomic E-state index is 0.117. The summed E-state index contributed by atoms with van der Waals surface area (Å²) in [6.45, 7) is 4.25. The number of imide groups is 1. The Balaban J connectivity index is 1.45. The number of hydrogen-bond acceptors (Lipinski definition) is 4. The molecule has 0 bridgehead atoms. The van der Waals surface area contributed by atoms with Gasteiger partial charge in [-0.3, -0.25) is 19.3 Å². The summed E-state index contributed by atoms with van der Waals surface area (Å²) < 4.78 is 16.2. The second kappa shape index (κ2) is 8.74. The Hall–Kier alpha value is -3.81. The predicted octanol–water partition coefficient (Wildman–Crippen LogP) is 3.65. The third kappa shape index (κ3) is 3.91. The van der Waals surface area contributed by atoms with E-state index in [4.69, 9.17) is 0 Å². The number of rotatable bonds is 7. The molecule has 0 unspecified atom stereocenters. The van der Waals surface area contributed by atoms with Crippen molar-refractivity contribution in [3.8, 4) is 5.69 Å². The number of hydrogen-bond donors (Lipinski definition) is 1. The Morgan fingerprint density at radius 1 is 1.09 bits per heavy atom. The Kier molecular flexibility index (Phi) is 5.85. The van der Waals surface area contributed by atoms with Gasteiger partial charge in [-0.15, -0.1) is 0 Å². The van der Waals surface area contributed by atoms with Gasteiger partial charge in [0.05, 0.1) is 16.8 Å². The first-order chi connectivity index (χ1) is 15.4. The summed E-state index contributed by atoms with van der Waals surface area (Å²) in [5.74, 6) is -0.862. The first-order valence-corrected chi connectivity index (χ1v) is 10.5. The molecule has 4 rings (SSSR count). The topological polar surface area (TPSA) is 84.3 Å². The van der Waals surface area contributed by atoms with E-state index in [0.29, 0.717) is 29.2 Å². The predicted molar refractivity (Wildman–Crippen MR) is 116 cm³/mol. The maximum atomic E-state index is 14.6. The number of carbonyl (C=O) groups excluding carboxylic acids is 3.